The van der Waals surface area contributed by atoms with Crippen molar-refractivity contribution in [3.8, 4) is 0 Å². The zero-order valence-electron chi connectivity index (χ0n) is 11.2. The molecule has 1 heterocycles. The lowest BCUT2D eigenvalue weighted by Crippen LogP contribution is -2.52. The normalized spacial score (nSPS) is 18.6. The van der Waals surface area contributed by atoms with E-state index >= 15 is 0 Å². The molecule has 114 valence electrons. The van der Waals surface area contributed by atoms with Crippen LogP contribution in [-0.4, -0.2) is 47.7 Å². The van der Waals surface area contributed by atoms with Gasteiger partial charge in [0.2, 0.25) is 5.91 Å². The smallest absolute Gasteiger partial charge is 0.328 e. The third kappa shape index (κ3) is 3.75. The molecule has 1 amide bonds. The summed E-state index contributed by atoms with van der Waals surface area (Å²) in [6, 6.07) is 2.46. The molecule has 1 aromatic rings. The van der Waals surface area contributed by atoms with Crippen molar-refractivity contribution in [2.24, 2.45) is 0 Å². The second-order valence-corrected chi connectivity index (χ2v) is 4.76. The Morgan fingerprint density at radius 1 is 1.33 bits per heavy atom. The number of aliphatic carboxylic acids is 1. The second kappa shape index (κ2) is 6.62. The number of hydrogen-bond acceptors (Lipinski definition) is 3. The molecule has 1 fully saturated rings. The van der Waals surface area contributed by atoms with Gasteiger partial charge in [-0.2, -0.15) is 0 Å². The summed E-state index contributed by atoms with van der Waals surface area (Å²) in [7, 11) is 0. The standard InChI is InChI=1S/C14H15F2NO4/c15-10-3-1-9(7-11(10)16)2-4-13(18)17-5-6-21-8-12(17)14(19)20/h1,3,7,12H,2,4-6,8H2,(H,19,20). The fraction of sp³-hybridized carbons (Fsp3) is 0.429. The Balaban J connectivity index is 1.96. The second-order valence-electron chi connectivity index (χ2n) is 4.76. The SMILES string of the molecule is O=C(O)C1COCCN1C(=O)CCc1ccc(F)c(F)c1. The van der Waals surface area contributed by atoms with Gasteiger partial charge in [0.1, 0.15) is 0 Å². The van der Waals surface area contributed by atoms with Crippen LogP contribution in [0.2, 0.25) is 0 Å². The number of halogens is 2. The van der Waals surface area contributed by atoms with Crippen LogP contribution in [0.5, 0.6) is 0 Å². The molecule has 1 N–H and O–H groups in total. The van der Waals surface area contributed by atoms with Crippen molar-refractivity contribution in [1.29, 1.82) is 0 Å². The van der Waals surface area contributed by atoms with Crippen LogP contribution < -0.4 is 0 Å². The number of nitrogens with zero attached hydrogens (tertiary/aromatic N) is 1. The minimum atomic E-state index is -1.11. The van der Waals surface area contributed by atoms with Crippen LogP contribution in [-0.2, 0) is 20.7 Å². The third-order valence-electron chi connectivity index (χ3n) is 3.35. The Labute approximate surface area is 120 Å². The maximum atomic E-state index is 13.1. The zero-order chi connectivity index (χ0) is 15.4. The highest BCUT2D eigenvalue weighted by Gasteiger charge is 2.32. The molecular weight excluding hydrogens is 284 g/mol. The first-order valence-electron chi connectivity index (χ1n) is 6.53. The van der Waals surface area contributed by atoms with E-state index < -0.39 is 23.6 Å². The zero-order valence-corrected chi connectivity index (χ0v) is 11.2. The van der Waals surface area contributed by atoms with E-state index in [0.717, 1.165) is 12.1 Å². The van der Waals surface area contributed by atoms with Crippen LogP contribution in [0.25, 0.3) is 0 Å². The Hall–Kier alpha value is -2.02. The van der Waals surface area contributed by atoms with E-state index in [-0.39, 0.29) is 31.9 Å². The molecule has 1 aliphatic heterocycles. The van der Waals surface area contributed by atoms with Gasteiger partial charge in [0.15, 0.2) is 17.7 Å². The maximum absolute atomic E-state index is 13.1. The predicted molar refractivity (Wildman–Crippen MR) is 68.6 cm³/mol. The average molecular weight is 299 g/mol. The van der Waals surface area contributed by atoms with E-state index in [4.69, 9.17) is 9.84 Å². The molecule has 21 heavy (non-hydrogen) atoms. The largest absolute Gasteiger partial charge is 0.480 e. The number of carbonyl (C=O) groups excluding carboxylic acids is 1. The van der Waals surface area contributed by atoms with E-state index in [1.165, 1.54) is 11.0 Å². The number of benzene rings is 1. The van der Waals surface area contributed by atoms with Crippen LogP contribution in [0.1, 0.15) is 12.0 Å². The topological polar surface area (TPSA) is 66.8 Å². The molecule has 5 nitrogen and oxygen atoms in total. The summed E-state index contributed by atoms with van der Waals surface area (Å²) in [6.07, 6.45) is 0.259. The molecule has 0 aromatic heterocycles. The number of rotatable bonds is 4. The van der Waals surface area contributed by atoms with Gasteiger partial charge in [-0.15, -0.1) is 0 Å². The van der Waals surface area contributed by atoms with Crippen molar-refractivity contribution in [3.63, 3.8) is 0 Å². The lowest BCUT2D eigenvalue weighted by Gasteiger charge is -2.32. The van der Waals surface area contributed by atoms with Gasteiger partial charge < -0.3 is 14.7 Å². The van der Waals surface area contributed by atoms with Crippen molar-refractivity contribution in [2.75, 3.05) is 19.8 Å². The number of aryl methyl sites for hydroxylation is 1. The van der Waals surface area contributed by atoms with Crippen molar-refractivity contribution >= 4 is 11.9 Å². The Morgan fingerprint density at radius 2 is 2.10 bits per heavy atom. The first-order chi connectivity index (χ1) is 9.99. The molecule has 0 aliphatic carbocycles. The van der Waals surface area contributed by atoms with Gasteiger partial charge >= 0.3 is 5.97 Å². The van der Waals surface area contributed by atoms with Gasteiger partial charge in [-0.3, -0.25) is 4.79 Å². The molecule has 1 atom stereocenters. The molecule has 0 radical (unpaired) electrons. The third-order valence-corrected chi connectivity index (χ3v) is 3.35. The van der Waals surface area contributed by atoms with Gasteiger partial charge in [-0.1, -0.05) is 6.07 Å². The van der Waals surface area contributed by atoms with Crippen LogP contribution in [0.3, 0.4) is 0 Å². The molecule has 2 rings (SSSR count). The molecule has 0 bridgehead atoms. The lowest BCUT2D eigenvalue weighted by molar-refractivity contribution is -0.158. The number of carboxylic acid groups (broad SMARTS) is 1. The first kappa shape index (κ1) is 15.4. The van der Waals surface area contributed by atoms with Crippen LogP contribution in [0.4, 0.5) is 8.78 Å². The van der Waals surface area contributed by atoms with E-state index in [0.29, 0.717) is 12.2 Å². The molecule has 7 heteroatoms. The quantitative estimate of drug-likeness (QED) is 0.907. The fourth-order valence-electron chi connectivity index (χ4n) is 2.20. The Bertz CT molecular complexity index is 550. The molecule has 1 aliphatic rings. The number of carboxylic acids is 1. The molecule has 0 spiro atoms. The van der Waals surface area contributed by atoms with Gasteiger partial charge in [-0.25, -0.2) is 13.6 Å². The molecule has 1 saturated heterocycles. The highest BCUT2D eigenvalue weighted by atomic mass is 19.2. The Morgan fingerprint density at radius 3 is 2.76 bits per heavy atom. The number of morpholine rings is 1. The van der Waals surface area contributed by atoms with E-state index in [9.17, 15) is 18.4 Å². The van der Waals surface area contributed by atoms with Crippen LogP contribution in [0, 0.1) is 11.6 Å². The van der Waals surface area contributed by atoms with Crippen LogP contribution >= 0.6 is 0 Å². The predicted octanol–water partition coefficient (Wildman–Crippen LogP) is 1.21. The summed E-state index contributed by atoms with van der Waals surface area (Å²) in [5.74, 6) is -3.36. The summed E-state index contributed by atoms with van der Waals surface area (Å²) < 4.78 is 30.9. The van der Waals surface area contributed by atoms with Gasteiger partial charge in [-0.05, 0) is 24.1 Å². The number of hydrogen-bond donors (Lipinski definition) is 1. The highest BCUT2D eigenvalue weighted by molar-refractivity contribution is 5.84. The maximum Gasteiger partial charge on any atom is 0.328 e. The van der Waals surface area contributed by atoms with E-state index in [1.54, 1.807) is 0 Å². The van der Waals surface area contributed by atoms with Gasteiger partial charge in [0, 0.05) is 13.0 Å². The van der Waals surface area contributed by atoms with Crippen molar-refractivity contribution < 1.29 is 28.2 Å². The van der Waals surface area contributed by atoms with E-state index in [2.05, 4.69) is 0 Å². The minimum Gasteiger partial charge on any atom is -0.480 e. The van der Waals surface area contributed by atoms with Crippen molar-refractivity contribution in [3.05, 3.63) is 35.4 Å². The fourth-order valence-corrected chi connectivity index (χ4v) is 2.20. The van der Waals surface area contributed by atoms with Gasteiger partial charge in [0.25, 0.3) is 0 Å². The van der Waals surface area contributed by atoms with Crippen LogP contribution in [0.15, 0.2) is 18.2 Å². The van der Waals surface area contributed by atoms with E-state index in [1.807, 2.05) is 0 Å². The minimum absolute atomic E-state index is 0.0355. The molecule has 1 aromatic carbocycles. The Kier molecular flexibility index (Phi) is 4.85. The van der Waals surface area contributed by atoms with Crippen molar-refractivity contribution in [1.82, 2.24) is 4.90 Å². The highest BCUT2D eigenvalue weighted by Crippen LogP contribution is 2.13. The summed E-state index contributed by atoms with van der Waals surface area (Å²) in [5, 5.41) is 9.04. The first-order valence-corrected chi connectivity index (χ1v) is 6.53. The lowest BCUT2D eigenvalue weighted by atomic mass is 10.1. The van der Waals surface area contributed by atoms with Gasteiger partial charge in [0.05, 0.1) is 13.2 Å². The average Bonchev–Trinajstić information content (AvgIpc) is 2.48. The number of amides is 1. The molecule has 0 saturated carbocycles. The summed E-state index contributed by atoms with van der Waals surface area (Å²) in [5.41, 5.74) is 0.488. The number of ether oxygens (including phenoxy) is 1. The summed E-state index contributed by atoms with van der Waals surface area (Å²) in [6.45, 7) is 0.473. The monoisotopic (exact) mass is 299 g/mol. The molecule has 1 unspecified atom stereocenters. The molecular formula is C14H15F2NO4. The summed E-state index contributed by atoms with van der Waals surface area (Å²) >= 11 is 0. The van der Waals surface area contributed by atoms with Crippen molar-refractivity contribution in [2.45, 2.75) is 18.9 Å². The number of carbonyl (C=O) groups is 2. The summed E-state index contributed by atoms with van der Waals surface area (Å²) in [4.78, 5) is 24.4.